The van der Waals surface area contributed by atoms with E-state index in [1.807, 2.05) is 19.1 Å². The van der Waals surface area contributed by atoms with Gasteiger partial charge in [-0.15, -0.1) is 0 Å². The Kier molecular flexibility index (Phi) is 4.26. The lowest BCUT2D eigenvalue weighted by atomic mass is 9.85. The molecule has 94 valence electrons. The Morgan fingerprint density at radius 1 is 1.41 bits per heavy atom. The topological polar surface area (TPSA) is 41.5 Å². The van der Waals surface area contributed by atoms with Gasteiger partial charge in [-0.05, 0) is 49.9 Å². The summed E-state index contributed by atoms with van der Waals surface area (Å²) in [4.78, 5) is 0. The molecule has 0 radical (unpaired) electrons. The molecular formula is C14H21NO2. The van der Waals surface area contributed by atoms with Crippen molar-refractivity contribution in [3.8, 4) is 11.5 Å². The largest absolute Gasteiger partial charge is 0.504 e. The first kappa shape index (κ1) is 12.2. The van der Waals surface area contributed by atoms with Gasteiger partial charge in [-0.1, -0.05) is 12.5 Å². The summed E-state index contributed by atoms with van der Waals surface area (Å²) in [5.41, 5.74) is 1.16. The first-order valence-corrected chi connectivity index (χ1v) is 6.45. The van der Waals surface area contributed by atoms with Crippen molar-refractivity contribution < 1.29 is 9.84 Å². The number of hydrogen-bond donors (Lipinski definition) is 2. The van der Waals surface area contributed by atoms with Gasteiger partial charge in [0.1, 0.15) is 0 Å². The molecule has 1 aliphatic rings. The van der Waals surface area contributed by atoms with Gasteiger partial charge in [0.25, 0.3) is 0 Å². The third-order valence-electron chi connectivity index (χ3n) is 3.31. The lowest BCUT2D eigenvalue weighted by Gasteiger charge is -2.25. The molecule has 1 saturated carbocycles. The Bertz CT molecular complexity index is 361. The standard InChI is InChI=1S/C14H21NO2/c1-2-17-14-8-12(6-7-13(14)16)10-15-9-11-4-3-5-11/h6-8,11,15-16H,2-5,9-10H2,1H3. The molecular weight excluding hydrogens is 214 g/mol. The molecule has 0 heterocycles. The Hall–Kier alpha value is -1.22. The van der Waals surface area contributed by atoms with Crippen LogP contribution in [-0.4, -0.2) is 18.3 Å². The molecule has 1 aliphatic carbocycles. The maximum absolute atomic E-state index is 9.58. The van der Waals surface area contributed by atoms with Gasteiger partial charge in [-0.2, -0.15) is 0 Å². The Morgan fingerprint density at radius 3 is 2.88 bits per heavy atom. The molecule has 0 aliphatic heterocycles. The molecule has 1 aromatic carbocycles. The maximum atomic E-state index is 9.58. The molecule has 1 aromatic rings. The molecule has 0 amide bonds. The zero-order valence-electron chi connectivity index (χ0n) is 10.4. The van der Waals surface area contributed by atoms with Crippen molar-refractivity contribution in [2.24, 2.45) is 5.92 Å². The number of phenols is 1. The summed E-state index contributed by atoms with van der Waals surface area (Å²) in [7, 11) is 0. The van der Waals surface area contributed by atoms with Gasteiger partial charge < -0.3 is 15.2 Å². The molecule has 0 bridgehead atoms. The van der Waals surface area contributed by atoms with Gasteiger partial charge >= 0.3 is 0 Å². The third kappa shape index (κ3) is 3.37. The summed E-state index contributed by atoms with van der Waals surface area (Å²) in [6, 6.07) is 5.55. The van der Waals surface area contributed by atoms with Gasteiger partial charge in [-0.25, -0.2) is 0 Å². The highest BCUT2D eigenvalue weighted by Gasteiger charge is 2.16. The molecule has 0 aromatic heterocycles. The Labute approximate surface area is 103 Å². The van der Waals surface area contributed by atoms with Gasteiger partial charge in [-0.3, -0.25) is 0 Å². The van der Waals surface area contributed by atoms with E-state index in [9.17, 15) is 5.11 Å². The second-order valence-electron chi connectivity index (χ2n) is 4.66. The van der Waals surface area contributed by atoms with Crippen LogP contribution in [0.4, 0.5) is 0 Å². The maximum Gasteiger partial charge on any atom is 0.161 e. The van der Waals surface area contributed by atoms with Gasteiger partial charge in [0.2, 0.25) is 0 Å². The summed E-state index contributed by atoms with van der Waals surface area (Å²) in [6.07, 6.45) is 4.12. The number of ether oxygens (including phenoxy) is 1. The van der Waals surface area contributed by atoms with E-state index in [0.717, 1.165) is 24.6 Å². The molecule has 3 heteroatoms. The summed E-state index contributed by atoms with van der Waals surface area (Å²) in [5, 5.41) is 13.0. The van der Waals surface area contributed by atoms with Crippen molar-refractivity contribution in [2.45, 2.75) is 32.7 Å². The first-order valence-electron chi connectivity index (χ1n) is 6.45. The van der Waals surface area contributed by atoms with E-state index in [0.29, 0.717) is 12.4 Å². The predicted molar refractivity (Wildman–Crippen MR) is 68.3 cm³/mol. The number of hydrogen-bond acceptors (Lipinski definition) is 3. The number of aromatic hydroxyl groups is 1. The van der Waals surface area contributed by atoms with E-state index >= 15 is 0 Å². The number of nitrogens with one attached hydrogen (secondary N) is 1. The van der Waals surface area contributed by atoms with Crippen LogP contribution in [0.2, 0.25) is 0 Å². The minimum absolute atomic E-state index is 0.217. The molecule has 0 spiro atoms. The van der Waals surface area contributed by atoms with Crippen LogP contribution >= 0.6 is 0 Å². The smallest absolute Gasteiger partial charge is 0.161 e. The zero-order valence-corrected chi connectivity index (χ0v) is 10.4. The number of rotatable bonds is 6. The fourth-order valence-electron chi connectivity index (χ4n) is 2.06. The van der Waals surface area contributed by atoms with Crippen LogP contribution in [0.3, 0.4) is 0 Å². The third-order valence-corrected chi connectivity index (χ3v) is 3.31. The zero-order chi connectivity index (χ0) is 12.1. The van der Waals surface area contributed by atoms with Crippen LogP contribution in [0.1, 0.15) is 31.7 Å². The van der Waals surface area contributed by atoms with E-state index in [1.54, 1.807) is 6.07 Å². The molecule has 2 N–H and O–H groups in total. The molecule has 0 atom stereocenters. The monoisotopic (exact) mass is 235 g/mol. The molecule has 0 unspecified atom stereocenters. The fourth-order valence-corrected chi connectivity index (χ4v) is 2.06. The van der Waals surface area contributed by atoms with E-state index in [4.69, 9.17) is 4.74 Å². The van der Waals surface area contributed by atoms with Crippen LogP contribution in [0.5, 0.6) is 11.5 Å². The lowest BCUT2D eigenvalue weighted by Crippen LogP contribution is -2.26. The molecule has 0 saturated heterocycles. The second-order valence-corrected chi connectivity index (χ2v) is 4.66. The van der Waals surface area contributed by atoms with Crippen molar-refractivity contribution in [3.63, 3.8) is 0 Å². The van der Waals surface area contributed by atoms with Crippen LogP contribution in [0.25, 0.3) is 0 Å². The molecule has 2 rings (SSSR count). The highest BCUT2D eigenvalue weighted by atomic mass is 16.5. The average molecular weight is 235 g/mol. The summed E-state index contributed by atoms with van der Waals surface area (Å²) in [5.74, 6) is 1.67. The molecule has 3 nitrogen and oxygen atoms in total. The highest BCUT2D eigenvalue weighted by molar-refractivity contribution is 5.41. The van der Waals surface area contributed by atoms with Crippen LogP contribution in [0.15, 0.2) is 18.2 Å². The quantitative estimate of drug-likeness (QED) is 0.796. The van der Waals surface area contributed by atoms with Crippen molar-refractivity contribution >= 4 is 0 Å². The number of phenolic OH excluding ortho intramolecular Hbond substituents is 1. The van der Waals surface area contributed by atoms with Crippen molar-refractivity contribution in [1.82, 2.24) is 5.32 Å². The minimum Gasteiger partial charge on any atom is -0.504 e. The van der Waals surface area contributed by atoms with Crippen LogP contribution in [0, 0.1) is 5.92 Å². The summed E-state index contributed by atoms with van der Waals surface area (Å²) < 4.78 is 5.36. The second kappa shape index (κ2) is 5.92. The Morgan fingerprint density at radius 2 is 2.24 bits per heavy atom. The fraction of sp³-hybridized carbons (Fsp3) is 0.571. The van der Waals surface area contributed by atoms with Crippen molar-refractivity contribution in [1.29, 1.82) is 0 Å². The molecule has 17 heavy (non-hydrogen) atoms. The SMILES string of the molecule is CCOc1cc(CNCC2CCC2)ccc1O. The lowest BCUT2D eigenvalue weighted by molar-refractivity contribution is 0.300. The number of benzene rings is 1. The highest BCUT2D eigenvalue weighted by Crippen LogP contribution is 2.27. The van der Waals surface area contributed by atoms with Crippen LogP contribution in [-0.2, 0) is 6.54 Å². The van der Waals surface area contributed by atoms with Gasteiger partial charge in [0, 0.05) is 6.54 Å². The summed E-state index contributed by atoms with van der Waals surface area (Å²) in [6.45, 7) is 4.44. The average Bonchev–Trinajstić information content (AvgIpc) is 2.26. The predicted octanol–water partition coefficient (Wildman–Crippen LogP) is 2.68. The van der Waals surface area contributed by atoms with E-state index in [-0.39, 0.29) is 5.75 Å². The van der Waals surface area contributed by atoms with E-state index in [2.05, 4.69) is 5.32 Å². The minimum atomic E-state index is 0.217. The van der Waals surface area contributed by atoms with E-state index in [1.165, 1.54) is 19.3 Å². The molecule has 1 fully saturated rings. The summed E-state index contributed by atoms with van der Waals surface area (Å²) >= 11 is 0. The van der Waals surface area contributed by atoms with Crippen LogP contribution < -0.4 is 10.1 Å². The van der Waals surface area contributed by atoms with Gasteiger partial charge in [0.05, 0.1) is 6.61 Å². The van der Waals surface area contributed by atoms with Crippen molar-refractivity contribution in [2.75, 3.05) is 13.2 Å². The van der Waals surface area contributed by atoms with Gasteiger partial charge in [0.15, 0.2) is 11.5 Å². The van der Waals surface area contributed by atoms with E-state index < -0.39 is 0 Å². The Balaban J connectivity index is 1.84. The normalized spacial score (nSPS) is 15.6. The first-order chi connectivity index (χ1) is 8.29. The van der Waals surface area contributed by atoms with Crippen molar-refractivity contribution in [3.05, 3.63) is 23.8 Å².